The van der Waals surface area contributed by atoms with Crippen LogP contribution in [0.25, 0.3) is 0 Å². The number of hydrogen-bond acceptors (Lipinski definition) is 3. The number of nitrogens with zero attached hydrogens (tertiary/aromatic N) is 2. The molecule has 28 heavy (non-hydrogen) atoms. The average molecular weight is 380 g/mol. The SMILES string of the molecule is Cc1c(CC(=O)N2CCCOCC2)c2c(n1Cc1ccccc1)CCCC2=O. The number of ether oxygens (including phenoxy) is 1. The van der Waals surface area contributed by atoms with E-state index in [-0.39, 0.29) is 11.7 Å². The Morgan fingerprint density at radius 1 is 1.07 bits per heavy atom. The summed E-state index contributed by atoms with van der Waals surface area (Å²) < 4.78 is 7.73. The van der Waals surface area contributed by atoms with Gasteiger partial charge in [0.1, 0.15) is 0 Å². The van der Waals surface area contributed by atoms with Crippen LogP contribution in [0.5, 0.6) is 0 Å². The first-order valence-electron chi connectivity index (χ1n) is 10.3. The maximum atomic E-state index is 13.0. The molecule has 5 heteroatoms. The lowest BCUT2D eigenvalue weighted by atomic mass is 9.92. The number of carbonyl (C=O) groups excluding carboxylic acids is 2. The number of ketones is 1. The second-order valence-corrected chi connectivity index (χ2v) is 7.76. The number of fused-ring (bicyclic) bond motifs is 1. The first-order chi connectivity index (χ1) is 13.6. The van der Waals surface area contributed by atoms with E-state index in [9.17, 15) is 9.59 Å². The summed E-state index contributed by atoms with van der Waals surface area (Å²) in [7, 11) is 0. The zero-order chi connectivity index (χ0) is 19.5. The largest absolute Gasteiger partial charge is 0.380 e. The molecule has 1 aromatic heterocycles. The summed E-state index contributed by atoms with van der Waals surface area (Å²) in [6.45, 7) is 5.48. The van der Waals surface area contributed by atoms with Crippen molar-refractivity contribution in [2.45, 2.75) is 45.6 Å². The molecule has 0 saturated carbocycles. The first-order valence-corrected chi connectivity index (χ1v) is 10.3. The van der Waals surface area contributed by atoms with Gasteiger partial charge in [-0.15, -0.1) is 0 Å². The molecule has 2 aliphatic rings. The number of aromatic nitrogens is 1. The van der Waals surface area contributed by atoms with E-state index in [0.717, 1.165) is 54.9 Å². The highest BCUT2D eigenvalue weighted by Crippen LogP contribution is 2.31. The van der Waals surface area contributed by atoms with Crippen molar-refractivity contribution in [2.24, 2.45) is 0 Å². The third kappa shape index (κ3) is 3.76. The summed E-state index contributed by atoms with van der Waals surface area (Å²) >= 11 is 0. The van der Waals surface area contributed by atoms with Gasteiger partial charge >= 0.3 is 0 Å². The molecule has 0 bridgehead atoms. The predicted octanol–water partition coefficient (Wildman–Crippen LogP) is 3.16. The Balaban J connectivity index is 1.66. The van der Waals surface area contributed by atoms with Gasteiger partial charge in [-0.3, -0.25) is 9.59 Å². The minimum absolute atomic E-state index is 0.103. The summed E-state index contributed by atoms with van der Waals surface area (Å²) in [5.41, 5.74) is 5.14. The fourth-order valence-corrected chi connectivity index (χ4v) is 4.44. The van der Waals surface area contributed by atoms with Gasteiger partial charge in [0.2, 0.25) is 5.91 Å². The van der Waals surface area contributed by atoms with Crippen molar-refractivity contribution in [1.29, 1.82) is 0 Å². The Morgan fingerprint density at radius 2 is 1.89 bits per heavy atom. The molecular weight excluding hydrogens is 352 g/mol. The quantitative estimate of drug-likeness (QED) is 0.819. The van der Waals surface area contributed by atoms with Crippen LogP contribution in [0.2, 0.25) is 0 Å². The van der Waals surface area contributed by atoms with Crippen LogP contribution in [0, 0.1) is 6.92 Å². The molecule has 148 valence electrons. The second-order valence-electron chi connectivity index (χ2n) is 7.76. The molecular formula is C23H28N2O3. The van der Waals surface area contributed by atoms with Crippen LogP contribution in [0.4, 0.5) is 0 Å². The van der Waals surface area contributed by atoms with Gasteiger partial charge in [0.25, 0.3) is 0 Å². The lowest BCUT2D eigenvalue weighted by molar-refractivity contribution is -0.130. The fourth-order valence-electron chi connectivity index (χ4n) is 4.44. The Bertz CT molecular complexity index is 862. The monoisotopic (exact) mass is 380 g/mol. The molecule has 0 spiro atoms. The average Bonchev–Trinajstić information content (AvgIpc) is 2.89. The Kier molecular flexibility index (Phi) is 5.62. The highest BCUT2D eigenvalue weighted by molar-refractivity contribution is 6.01. The molecule has 1 fully saturated rings. The molecule has 1 aliphatic carbocycles. The van der Waals surface area contributed by atoms with Gasteiger partial charge in [-0.25, -0.2) is 0 Å². The van der Waals surface area contributed by atoms with Gasteiger partial charge in [0.15, 0.2) is 5.78 Å². The van der Waals surface area contributed by atoms with E-state index in [1.807, 2.05) is 23.1 Å². The maximum Gasteiger partial charge on any atom is 0.227 e. The van der Waals surface area contributed by atoms with Crippen molar-refractivity contribution in [3.05, 3.63) is 58.4 Å². The minimum atomic E-state index is 0.103. The van der Waals surface area contributed by atoms with E-state index in [1.54, 1.807) is 0 Å². The summed E-state index contributed by atoms with van der Waals surface area (Å²) in [6.07, 6.45) is 3.56. The molecule has 2 heterocycles. The summed E-state index contributed by atoms with van der Waals surface area (Å²) in [5, 5.41) is 0. The van der Waals surface area contributed by atoms with Crippen molar-refractivity contribution in [2.75, 3.05) is 26.3 Å². The Morgan fingerprint density at radius 3 is 2.71 bits per heavy atom. The Hall–Kier alpha value is -2.40. The highest BCUT2D eigenvalue weighted by atomic mass is 16.5. The summed E-state index contributed by atoms with van der Waals surface area (Å²) in [4.78, 5) is 27.7. The molecule has 5 nitrogen and oxygen atoms in total. The van der Waals surface area contributed by atoms with Gasteiger partial charge in [-0.05, 0) is 37.3 Å². The Labute approximate surface area is 166 Å². The van der Waals surface area contributed by atoms with E-state index < -0.39 is 0 Å². The number of rotatable bonds is 4. The molecule has 0 atom stereocenters. The molecule has 1 saturated heterocycles. The predicted molar refractivity (Wildman–Crippen MR) is 108 cm³/mol. The van der Waals surface area contributed by atoms with Crippen molar-refractivity contribution in [3.63, 3.8) is 0 Å². The van der Waals surface area contributed by atoms with E-state index in [4.69, 9.17) is 4.74 Å². The molecule has 4 rings (SSSR count). The molecule has 0 unspecified atom stereocenters. The molecule has 1 aliphatic heterocycles. The van der Waals surface area contributed by atoms with Gasteiger partial charge < -0.3 is 14.2 Å². The standard InChI is InChI=1S/C23H28N2O3/c1-17-19(15-22(27)24-11-6-13-28-14-12-24)23-20(9-5-10-21(23)26)25(17)16-18-7-3-2-4-8-18/h2-4,7-8H,5-6,9-16H2,1H3. The second kappa shape index (κ2) is 8.31. The van der Waals surface area contributed by atoms with Crippen molar-refractivity contribution < 1.29 is 14.3 Å². The highest BCUT2D eigenvalue weighted by Gasteiger charge is 2.30. The molecule has 0 radical (unpaired) electrons. The first kappa shape index (κ1) is 18.9. The smallest absolute Gasteiger partial charge is 0.227 e. The van der Waals surface area contributed by atoms with Gasteiger partial charge in [-0.2, -0.15) is 0 Å². The normalized spacial score (nSPS) is 17.3. The third-order valence-corrected chi connectivity index (χ3v) is 5.94. The number of amides is 1. The lowest BCUT2D eigenvalue weighted by Gasteiger charge is -2.20. The van der Waals surface area contributed by atoms with E-state index in [2.05, 4.69) is 23.6 Å². The van der Waals surface area contributed by atoms with Crippen LogP contribution in [-0.4, -0.2) is 47.5 Å². The van der Waals surface area contributed by atoms with E-state index in [0.29, 0.717) is 32.6 Å². The van der Waals surface area contributed by atoms with Crippen LogP contribution < -0.4 is 0 Å². The topological polar surface area (TPSA) is 51.5 Å². The van der Waals surface area contributed by atoms with Gasteiger partial charge in [0.05, 0.1) is 13.0 Å². The molecule has 0 N–H and O–H groups in total. The van der Waals surface area contributed by atoms with E-state index >= 15 is 0 Å². The van der Waals surface area contributed by atoms with Gasteiger partial charge in [-0.1, -0.05) is 30.3 Å². The van der Waals surface area contributed by atoms with Crippen LogP contribution >= 0.6 is 0 Å². The van der Waals surface area contributed by atoms with Crippen molar-refractivity contribution in [1.82, 2.24) is 9.47 Å². The summed E-state index contributed by atoms with van der Waals surface area (Å²) in [5.74, 6) is 0.296. The van der Waals surface area contributed by atoms with Crippen LogP contribution in [-0.2, 0) is 28.9 Å². The zero-order valence-corrected chi connectivity index (χ0v) is 16.6. The van der Waals surface area contributed by atoms with E-state index in [1.165, 1.54) is 5.56 Å². The lowest BCUT2D eigenvalue weighted by Crippen LogP contribution is -2.34. The van der Waals surface area contributed by atoms with Gasteiger partial charge in [0, 0.05) is 49.6 Å². The zero-order valence-electron chi connectivity index (χ0n) is 16.6. The number of Topliss-reactive ketones (excluding diaryl/α,β-unsaturated/α-hetero) is 1. The number of hydrogen-bond donors (Lipinski definition) is 0. The maximum absolute atomic E-state index is 13.0. The van der Waals surface area contributed by atoms with Crippen molar-refractivity contribution >= 4 is 11.7 Å². The molecule has 1 amide bonds. The van der Waals surface area contributed by atoms with Crippen LogP contribution in [0.1, 0.15) is 52.1 Å². The molecule has 2 aromatic rings. The van der Waals surface area contributed by atoms with Crippen LogP contribution in [0.3, 0.4) is 0 Å². The fraction of sp³-hybridized carbons (Fsp3) is 0.478. The number of benzene rings is 1. The third-order valence-electron chi connectivity index (χ3n) is 5.94. The number of carbonyl (C=O) groups is 2. The van der Waals surface area contributed by atoms with Crippen molar-refractivity contribution in [3.8, 4) is 0 Å². The molecule has 1 aromatic carbocycles. The minimum Gasteiger partial charge on any atom is -0.380 e. The van der Waals surface area contributed by atoms with Crippen LogP contribution in [0.15, 0.2) is 30.3 Å². The summed E-state index contributed by atoms with van der Waals surface area (Å²) in [6, 6.07) is 10.3.